The molecule has 2 atom stereocenters. The van der Waals surface area contributed by atoms with Gasteiger partial charge < -0.3 is 4.74 Å². The number of thiophene rings is 2. The van der Waals surface area contributed by atoms with E-state index in [9.17, 15) is 4.79 Å². The Morgan fingerprint density at radius 3 is 2.26 bits per heavy atom. The largest absolute Gasteiger partial charge is 0.466 e. The third-order valence-electron chi connectivity index (χ3n) is 3.26. The van der Waals surface area contributed by atoms with E-state index in [4.69, 9.17) is 4.74 Å². The van der Waals surface area contributed by atoms with Gasteiger partial charge in [0.05, 0.1) is 12.5 Å². The molecule has 0 aliphatic heterocycles. The molecule has 2 unspecified atom stereocenters. The van der Waals surface area contributed by atoms with Crippen LogP contribution in [0.25, 0.3) is 0 Å². The molecular weight excluding hydrogens is 276 g/mol. The number of hydrogen-bond donors (Lipinski definition) is 0. The van der Waals surface area contributed by atoms with Gasteiger partial charge >= 0.3 is 5.97 Å². The topological polar surface area (TPSA) is 26.3 Å². The van der Waals surface area contributed by atoms with Gasteiger partial charge in [0.15, 0.2) is 0 Å². The minimum absolute atomic E-state index is 0.112. The molecular formula is C15H18O2S2. The first-order chi connectivity index (χ1) is 9.27. The van der Waals surface area contributed by atoms with Gasteiger partial charge in [-0.15, -0.1) is 0 Å². The molecule has 0 N–H and O–H groups in total. The quantitative estimate of drug-likeness (QED) is 0.725. The average Bonchev–Trinajstić information content (AvgIpc) is 3.08. The molecule has 0 amide bonds. The average molecular weight is 294 g/mol. The van der Waals surface area contributed by atoms with Crippen LogP contribution < -0.4 is 0 Å². The van der Waals surface area contributed by atoms with E-state index in [1.165, 1.54) is 5.56 Å². The van der Waals surface area contributed by atoms with E-state index in [-0.39, 0.29) is 17.8 Å². The number of ether oxygens (including phenoxy) is 1. The predicted octanol–water partition coefficient (Wildman–Crippen LogP) is 4.65. The second-order valence-electron chi connectivity index (χ2n) is 4.36. The van der Waals surface area contributed by atoms with E-state index in [1.54, 1.807) is 22.7 Å². The van der Waals surface area contributed by atoms with Gasteiger partial charge in [0.1, 0.15) is 0 Å². The smallest absolute Gasteiger partial charge is 0.314 e. The van der Waals surface area contributed by atoms with E-state index in [1.807, 2.05) is 18.4 Å². The maximum Gasteiger partial charge on any atom is 0.314 e. The molecule has 2 aromatic rings. The number of hydrogen-bond acceptors (Lipinski definition) is 4. The molecule has 0 bridgehead atoms. The minimum atomic E-state index is -0.189. The summed E-state index contributed by atoms with van der Waals surface area (Å²) in [6.07, 6.45) is 0.927. The summed E-state index contributed by atoms with van der Waals surface area (Å²) in [5.74, 6) is -0.107. The molecule has 19 heavy (non-hydrogen) atoms. The normalized spacial score (nSPS) is 14.0. The summed E-state index contributed by atoms with van der Waals surface area (Å²) in [5, 5.41) is 8.26. The van der Waals surface area contributed by atoms with Crippen LogP contribution >= 0.6 is 22.7 Å². The zero-order valence-corrected chi connectivity index (χ0v) is 12.8. The first-order valence-corrected chi connectivity index (χ1v) is 8.37. The molecule has 0 fully saturated rings. The van der Waals surface area contributed by atoms with Crippen molar-refractivity contribution in [3.63, 3.8) is 0 Å². The summed E-state index contributed by atoms with van der Waals surface area (Å²) in [7, 11) is 0. The fourth-order valence-corrected chi connectivity index (χ4v) is 3.79. The first-order valence-electron chi connectivity index (χ1n) is 6.48. The van der Waals surface area contributed by atoms with E-state index in [0.29, 0.717) is 6.61 Å². The number of rotatable bonds is 6. The number of carbonyl (C=O) groups is 1. The van der Waals surface area contributed by atoms with Crippen molar-refractivity contribution in [1.82, 2.24) is 0 Å². The Morgan fingerprint density at radius 2 is 1.79 bits per heavy atom. The van der Waals surface area contributed by atoms with Crippen molar-refractivity contribution in [3.8, 4) is 0 Å². The van der Waals surface area contributed by atoms with Crippen molar-refractivity contribution < 1.29 is 9.53 Å². The van der Waals surface area contributed by atoms with Gasteiger partial charge in [0.25, 0.3) is 0 Å². The van der Waals surface area contributed by atoms with Crippen molar-refractivity contribution in [2.75, 3.05) is 6.61 Å². The van der Waals surface area contributed by atoms with Crippen LogP contribution in [-0.2, 0) is 9.53 Å². The summed E-state index contributed by atoms with van der Waals surface area (Å²) in [5.41, 5.74) is 2.30. The molecule has 2 aromatic heterocycles. The van der Waals surface area contributed by atoms with Gasteiger partial charge in [-0.1, -0.05) is 6.92 Å². The second kappa shape index (κ2) is 6.87. The molecule has 2 heterocycles. The second-order valence-corrected chi connectivity index (χ2v) is 5.92. The fraction of sp³-hybridized carbons (Fsp3) is 0.400. The van der Waals surface area contributed by atoms with Crippen molar-refractivity contribution in [3.05, 3.63) is 44.8 Å². The van der Waals surface area contributed by atoms with E-state index in [2.05, 4.69) is 29.1 Å². The van der Waals surface area contributed by atoms with E-state index in [0.717, 1.165) is 12.0 Å². The van der Waals surface area contributed by atoms with Crippen LogP contribution in [0.1, 0.15) is 43.2 Å². The highest BCUT2D eigenvalue weighted by Gasteiger charge is 2.31. The molecule has 0 aliphatic rings. The van der Waals surface area contributed by atoms with Crippen molar-refractivity contribution >= 4 is 28.6 Å². The van der Waals surface area contributed by atoms with E-state index >= 15 is 0 Å². The van der Waals surface area contributed by atoms with Crippen LogP contribution in [0.15, 0.2) is 33.7 Å². The zero-order valence-electron chi connectivity index (χ0n) is 11.2. The van der Waals surface area contributed by atoms with Crippen molar-refractivity contribution in [2.24, 2.45) is 0 Å². The summed E-state index contributed by atoms with van der Waals surface area (Å²) < 4.78 is 5.28. The lowest BCUT2D eigenvalue weighted by atomic mass is 9.82. The Balaban J connectivity index is 2.33. The molecule has 4 heteroatoms. The van der Waals surface area contributed by atoms with Crippen LogP contribution in [0.2, 0.25) is 0 Å². The van der Waals surface area contributed by atoms with Crippen molar-refractivity contribution in [1.29, 1.82) is 0 Å². The Kier molecular flexibility index (Phi) is 5.16. The van der Waals surface area contributed by atoms with Gasteiger partial charge in [-0.3, -0.25) is 4.79 Å². The van der Waals surface area contributed by atoms with Crippen LogP contribution in [-0.4, -0.2) is 12.6 Å². The van der Waals surface area contributed by atoms with Gasteiger partial charge in [0.2, 0.25) is 0 Å². The van der Waals surface area contributed by atoms with Gasteiger partial charge in [-0.2, -0.15) is 22.7 Å². The lowest BCUT2D eigenvalue weighted by Gasteiger charge is -2.23. The molecule has 0 aliphatic carbocycles. The van der Waals surface area contributed by atoms with E-state index < -0.39 is 0 Å². The molecule has 102 valence electrons. The summed E-state index contributed by atoms with van der Waals surface area (Å²) in [6, 6.07) is 4.14. The third kappa shape index (κ3) is 3.25. The molecule has 0 radical (unpaired) electrons. The molecule has 0 spiro atoms. The van der Waals surface area contributed by atoms with Crippen LogP contribution in [0, 0.1) is 0 Å². The Labute approximate surface area is 122 Å². The molecule has 2 nitrogen and oxygen atoms in total. The maximum absolute atomic E-state index is 12.3. The molecule has 0 saturated carbocycles. The van der Waals surface area contributed by atoms with Gasteiger partial charge in [-0.25, -0.2) is 0 Å². The monoisotopic (exact) mass is 294 g/mol. The Bertz CT molecular complexity index is 488. The van der Waals surface area contributed by atoms with Crippen LogP contribution in [0.5, 0.6) is 0 Å². The lowest BCUT2D eigenvalue weighted by Crippen LogP contribution is -2.22. The summed E-state index contributed by atoms with van der Waals surface area (Å²) in [6.45, 7) is 4.41. The lowest BCUT2D eigenvalue weighted by molar-refractivity contribution is -0.145. The van der Waals surface area contributed by atoms with Gasteiger partial charge in [0, 0.05) is 5.92 Å². The highest BCUT2D eigenvalue weighted by atomic mass is 32.1. The number of esters is 1. The minimum Gasteiger partial charge on any atom is -0.466 e. The maximum atomic E-state index is 12.3. The first kappa shape index (κ1) is 14.3. The Morgan fingerprint density at radius 1 is 1.16 bits per heavy atom. The molecule has 0 saturated heterocycles. The van der Waals surface area contributed by atoms with Crippen molar-refractivity contribution in [2.45, 2.75) is 32.1 Å². The summed E-state index contributed by atoms with van der Waals surface area (Å²) >= 11 is 3.30. The predicted molar refractivity (Wildman–Crippen MR) is 81.0 cm³/mol. The third-order valence-corrected chi connectivity index (χ3v) is 4.66. The fourth-order valence-electron chi connectivity index (χ4n) is 2.37. The van der Waals surface area contributed by atoms with Crippen LogP contribution in [0.4, 0.5) is 0 Å². The highest BCUT2D eigenvalue weighted by molar-refractivity contribution is 7.08. The SMILES string of the molecule is CCOC(=O)C(c1ccsc1)C(CC)c1ccsc1. The van der Waals surface area contributed by atoms with Crippen LogP contribution in [0.3, 0.4) is 0 Å². The molecule has 2 rings (SSSR count). The Hall–Kier alpha value is -1.13. The summed E-state index contributed by atoms with van der Waals surface area (Å²) in [4.78, 5) is 12.3. The number of carbonyl (C=O) groups excluding carboxylic acids is 1. The zero-order chi connectivity index (χ0) is 13.7. The standard InChI is InChI=1S/C15H18O2S2/c1-3-13(11-5-7-18-9-11)14(15(16)17-4-2)12-6-8-19-10-12/h5-10,13-14H,3-4H2,1-2H3. The van der Waals surface area contributed by atoms with Gasteiger partial charge in [-0.05, 0) is 58.1 Å². The highest BCUT2D eigenvalue weighted by Crippen LogP contribution is 2.38. The molecule has 0 aromatic carbocycles.